The summed E-state index contributed by atoms with van der Waals surface area (Å²) in [5, 5.41) is 3.41. The van der Waals surface area contributed by atoms with Gasteiger partial charge in [-0.3, -0.25) is 0 Å². The summed E-state index contributed by atoms with van der Waals surface area (Å²) in [4.78, 5) is 3.37. The molecule has 0 fully saturated rings. The largest absolute Gasteiger partial charge is 0.361 e. The molecule has 1 heterocycles. The highest BCUT2D eigenvalue weighted by Gasteiger charge is 1.97. The second-order valence-electron chi connectivity index (χ2n) is 3.89. The van der Waals surface area contributed by atoms with Crippen molar-refractivity contribution < 1.29 is 0 Å². The maximum absolute atomic E-state index is 3.41. The maximum Gasteiger partial charge on any atom is 0.0357 e. The maximum atomic E-state index is 3.41. The molecule has 1 aromatic heterocycles. The molecule has 0 aliphatic rings. The first kappa shape index (κ1) is 10.3. The van der Waals surface area contributed by atoms with Crippen LogP contribution in [0.15, 0.2) is 12.1 Å². The van der Waals surface area contributed by atoms with Crippen LogP contribution < -0.4 is 5.32 Å². The highest BCUT2D eigenvalue weighted by atomic mass is 14.9. The molecule has 0 radical (unpaired) electrons. The first-order valence-corrected chi connectivity index (χ1v) is 5.09. The lowest BCUT2D eigenvalue weighted by Crippen LogP contribution is -2.19. The van der Waals surface area contributed by atoms with Gasteiger partial charge in [-0.1, -0.05) is 20.8 Å². The first-order valence-electron chi connectivity index (χ1n) is 5.09. The van der Waals surface area contributed by atoms with Crippen molar-refractivity contribution in [1.29, 1.82) is 0 Å². The van der Waals surface area contributed by atoms with E-state index in [9.17, 15) is 0 Å². The predicted molar refractivity (Wildman–Crippen MR) is 56.7 cm³/mol. The van der Waals surface area contributed by atoms with Crippen molar-refractivity contribution in [2.45, 2.75) is 33.7 Å². The van der Waals surface area contributed by atoms with Crippen LogP contribution in [0.1, 0.15) is 32.2 Å². The Hall–Kier alpha value is -0.760. The summed E-state index contributed by atoms with van der Waals surface area (Å²) in [6, 6.07) is 4.32. The minimum Gasteiger partial charge on any atom is -0.361 e. The third-order valence-corrected chi connectivity index (χ3v) is 2.06. The molecule has 0 bridgehead atoms. The molecule has 1 rings (SSSR count). The van der Waals surface area contributed by atoms with E-state index in [0.717, 1.165) is 25.4 Å². The molecule has 0 aliphatic carbocycles. The molecule has 0 atom stereocenters. The Kier molecular flexibility index (Phi) is 4.03. The molecule has 0 aliphatic heterocycles. The zero-order valence-electron chi connectivity index (χ0n) is 8.85. The lowest BCUT2D eigenvalue weighted by atomic mass is 10.2. The number of H-pyrrole nitrogens is 1. The zero-order chi connectivity index (χ0) is 9.68. The summed E-state index contributed by atoms with van der Waals surface area (Å²) < 4.78 is 0. The molecule has 2 heteroatoms. The van der Waals surface area contributed by atoms with Gasteiger partial charge in [-0.25, -0.2) is 0 Å². The number of aromatic amines is 1. The van der Waals surface area contributed by atoms with E-state index in [1.807, 2.05) is 0 Å². The van der Waals surface area contributed by atoms with Crippen molar-refractivity contribution in [3.63, 3.8) is 0 Å². The quantitative estimate of drug-likeness (QED) is 0.715. The lowest BCUT2D eigenvalue weighted by molar-refractivity contribution is 0.548. The normalized spacial score (nSPS) is 11.1. The average Bonchev–Trinajstić information content (AvgIpc) is 2.52. The topological polar surface area (TPSA) is 27.8 Å². The Morgan fingerprint density at radius 2 is 2.00 bits per heavy atom. The zero-order valence-corrected chi connectivity index (χ0v) is 8.85. The smallest absolute Gasteiger partial charge is 0.0357 e. The molecule has 74 valence electrons. The third kappa shape index (κ3) is 3.64. The highest BCUT2D eigenvalue weighted by Crippen LogP contribution is 2.02. The van der Waals surface area contributed by atoms with E-state index in [2.05, 4.69) is 43.2 Å². The number of rotatable bonds is 5. The van der Waals surface area contributed by atoms with Gasteiger partial charge in [-0.05, 0) is 31.0 Å². The highest BCUT2D eigenvalue weighted by molar-refractivity contribution is 5.12. The fourth-order valence-corrected chi connectivity index (χ4v) is 1.30. The fraction of sp³-hybridized carbons (Fsp3) is 0.636. The van der Waals surface area contributed by atoms with Gasteiger partial charge in [0.2, 0.25) is 0 Å². The first-order chi connectivity index (χ1) is 6.22. The van der Waals surface area contributed by atoms with Gasteiger partial charge in [-0.15, -0.1) is 0 Å². The van der Waals surface area contributed by atoms with Crippen molar-refractivity contribution >= 4 is 0 Å². The van der Waals surface area contributed by atoms with Crippen molar-refractivity contribution in [2.24, 2.45) is 5.92 Å². The van der Waals surface area contributed by atoms with Crippen molar-refractivity contribution in [1.82, 2.24) is 10.3 Å². The van der Waals surface area contributed by atoms with Gasteiger partial charge in [0.15, 0.2) is 0 Å². The molecule has 0 saturated carbocycles. The molecule has 0 spiro atoms. The van der Waals surface area contributed by atoms with Gasteiger partial charge < -0.3 is 10.3 Å². The molecule has 13 heavy (non-hydrogen) atoms. The van der Waals surface area contributed by atoms with Crippen LogP contribution in [-0.4, -0.2) is 11.5 Å². The number of aromatic nitrogens is 1. The van der Waals surface area contributed by atoms with Gasteiger partial charge >= 0.3 is 0 Å². The van der Waals surface area contributed by atoms with Crippen LogP contribution in [0, 0.1) is 5.92 Å². The van der Waals surface area contributed by atoms with E-state index in [4.69, 9.17) is 0 Å². The second-order valence-corrected chi connectivity index (χ2v) is 3.89. The minimum atomic E-state index is 0.723. The molecule has 0 aromatic carbocycles. The molecule has 1 aromatic rings. The lowest BCUT2D eigenvalue weighted by Gasteiger charge is -2.05. The standard InChI is InChI=1S/C11H20N2/c1-4-10-5-6-11(13-10)8-12-7-9(2)3/h5-6,9,12-13H,4,7-8H2,1-3H3. The van der Waals surface area contributed by atoms with Crippen LogP contribution >= 0.6 is 0 Å². The average molecular weight is 180 g/mol. The van der Waals surface area contributed by atoms with Gasteiger partial charge in [0.1, 0.15) is 0 Å². The molecule has 0 saturated heterocycles. The van der Waals surface area contributed by atoms with E-state index < -0.39 is 0 Å². The summed E-state index contributed by atoms with van der Waals surface area (Å²) >= 11 is 0. The molecule has 2 nitrogen and oxygen atoms in total. The number of nitrogens with one attached hydrogen (secondary N) is 2. The van der Waals surface area contributed by atoms with Crippen molar-refractivity contribution in [3.05, 3.63) is 23.5 Å². The van der Waals surface area contributed by atoms with Crippen LogP contribution in [0.3, 0.4) is 0 Å². The molecular weight excluding hydrogens is 160 g/mol. The minimum absolute atomic E-state index is 0.723. The van der Waals surface area contributed by atoms with Crippen molar-refractivity contribution in [2.75, 3.05) is 6.54 Å². The second kappa shape index (κ2) is 5.07. The Balaban J connectivity index is 2.28. The van der Waals surface area contributed by atoms with Crippen LogP contribution in [0.25, 0.3) is 0 Å². The Morgan fingerprint density at radius 3 is 2.54 bits per heavy atom. The number of aryl methyl sites for hydroxylation is 1. The summed E-state index contributed by atoms with van der Waals surface area (Å²) in [6.07, 6.45) is 1.09. The van der Waals surface area contributed by atoms with Crippen LogP contribution in [0.5, 0.6) is 0 Å². The predicted octanol–water partition coefficient (Wildman–Crippen LogP) is 2.32. The molecule has 0 amide bonds. The van der Waals surface area contributed by atoms with E-state index >= 15 is 0 Å². The van der Waals surface area contributed by atoms with Gasteiger partial charge in [-0.2, -0.15) is 0 Å². The third-order valence-electron chi connectivity index (χ3n) is 2.06. The summed E-state index contributed by atoms with van der Waals surface area (Å²) in [6.45, 7) is 8.65. The summed E-state index contributed by atoms with van der Waals surface area (Å²) in [5.41, 5.74) is 2.61. The van der Waals surface area contributed by atoms with E-state index in [1.165, 1.54) is 11.4 Å². The van der Waals surface area contributed by atoms with E-state index in [0.29, 0.717) is 0 Å². The monoisotopic (exact) mass is 180 g/mol. The summed E-state index contributed by atoms with van der Waals surface area (Å²) in [7, 11) is 0. The van der Waals surface area contributed by atoms with Gasteiger partial charge in [0.25, 0.3) is 0 Å². The van der Waals surface area contributed by atoms with Crippen molar-refractivity contribution in [3.8, 4) is 0 Å². The Morgan fingerprint density at radius 1 is 1.31 bits per heavy atom. The SMILES string of the molecule is CCc1ccc(CNCC(C)C)[nH]1. The summed E-state index contributed by atoms with van der Waals surface area (Å²) in [5.74, 6) is 0.723. The Bertz CT molecular complexity index is 238. The van der Waals surface area contributed by atoms with E-state index in [-0.39, 0.29) is 0 Å². The molecular formula is C11H20N2. The Labute approximate surface area is 80.7 Å². The van der Waals surface area contributed by atoms with Crippen LogP contribution in [0.2, 0.25) is 0 Å². The van der Waals surface area contributed by atoms with Gasteiger partial charge in [0.05, 0.1) is 0 Å². The van der Waals surface area contributed by atoms with Gasteiger partial charge in [0, 0.05) is 17.9 Å². The number of hydrogen-bond donors (Lipinski definition) is 2. The fourth-order valence-electron chi connectivity index (χ4n) is 1.30. The van der Waals surface area contributed by atoms with Crippen LogP contribution in [-0.2, 0) is 13.0 Å². The van der Waals surface area contributed by atoms with Crippen LogP contribution in [0.4, 0.5) is 0 Å². The van der Waals surface area contributed by atoms with E-state index in [1.54, 1.807) is 0 Å². The molecule has 0 unspecified atom stereocenters. The molecule has 2 N–H and O–H groups in total. The number of hydrogen-bond acceptors (Lipinski definition) is 1.